The Kier molecular flexibility index (Phi) is 4.38. The Morgan fingerprint density at radius 2 is 2.00 bits per heavy atom. The highest BCUT2D eigenvalue weighted by atomic mass is 16.6. The Labute approximate surface area is 92.6 Å². The van der Waals surface area contributed by atoms with Crippen LogP contribution in [0.4, 0.5) is 0 Å². The Balaban J connectivity index is 2.47. The second-order valence-corrected chi connectivity index (χ2v) is 2.92. The topological polar surface area (TPSA) is 78.4 Å². The molecule has 0 spiro atoms. The third-order valence-corrected chi connectivity index (χ3v) is 1.62. The van der Waals surface area contributed by atoms with Crippen molar-refractivity contribution in [2.75, 3.05) is 13.2 Å². The van der Waals surface area contributed by atoms with Gasteiger partial charge in [0.1, 0.15) is 0 Å². The normalized spacial score (nSPS) is 9.62. The van der Waals surface area contributed by atoms with Gasteiger partial charge in [0.2, 0.25) is 0 Å². The van der Waals surface area contributed by atoms with Gasteiger partial charge >= 0.3 is 11.9 Å². The largest absolute Gasteiger partial charge is 0.463 e. The van der Waals surface area contributed by atoms with Crippen molar-refractivity contribution in [3.63, 3.8) is 0 Å². The molecule has 0 fully saturated rings. The molecule has 1 aromatic rings. The van der Waals surface area contributed by atoms with Crippen molar-refractivity contribution >= 4 is 11.9 Å². The predicted octanol–water partition coefficient (Wildman–Crippen LogP) is 0.505. The van der Waals surface area contributed by atoms with E-state index < -0.39 is 18.5 Å². The van der Waals surface area contributed by atoms with Crippen LogP contribution in [0.15, 0.2) is 12.4 Å². The summed E-state index contributed by atoms with van der Waals surface area (Å²) in [5.74, 6) is -1.28. The van der Waals surface area contributed by atoms with Crippen molar-refractivity contribution in [2.24, 2.45) is 0 Å². The third-order valence-electron chi connectivity index (χ3n) is 1.62. The summed E-state index contributed by atoms with van der Waals surface area (Å²) in [6, 6.07) is 0. The number of aryl methyl sites for hydroxylation is 1. The zero-order chi connectivity index (χ0) is 12.0. The van der Waals surface area contributed by atoms with Crippen molar-refractivity contribution in [1.29, 1.82) is 0 Å². The average molecular weight is 224 g/mol. The van der Waals surface area contributed by atoms with Gasteiger partial charge in [0.05, 0.1) is 18.5 Å². The maximum Gasteiger partial charge on any atom is 0.359 e. The maximum atomic E-state index is 11.3. The molecule has 1 heterocycles. The van der Waals surface area contributed by atoms with Crippen molar-refractivity contribution in [2.45, 2.75) is 13.8 Å². The number of carbonyl (C=O) groups excluding carboxylic acids is 2. The lowest BCUT2D eigenvalue weighted by Gasteiger charge is -2.03. The number of hydrogen-bond acceptors (Lipinski definition) is 6. The van der Waals surface area contributed by atoms with Gasteiger partial charge in [-0.15, -0.1) is 0 Å². The molecule has 0 aromatic carbocycles. The van der Waals surface area contributed by atoms with Crippen LogP contribution < -0.4 is 0 Å². The van der Waals surface area contributed by atoms with Crippen LogP contribution in [0.5, 0.6) is 0 Å². The van der Waals surface area contributed by atoms with Crippen LogP contribution >= 0.6 is 0 Å². The molecule has 0 radical (unpaired) electrons. The minimum absolute atomic E-state index is 0.0647. The molecule has 0 aliphatic heterocycles. The van der Waals surface area contributed by atoms with Crippen LogP contribution in [0.1, 0.15) is 23.1 Å². The van der Waals surface area contributed by atoms with E-state index in [4.69, 9.17) is 0 Å². The summed E-state index contributed by atoms with van der Waals surface area (Å²) in [6.45, 7) is 3.26. The molecule has 0 saturated heterocycles. The molecule has 6 heteroatoms. The molecule has 0 atom stereocenters. The SMILES string of the molecule is CCOC(=O)COC(=O)c1cnc(C)cn1. The summed E-state index contributed by atoms with van der Waals surface area (Å²) < 4.78 is 9.26. The number of hydrogen-bond donors (Lipinski definition) is 0. The fourth-order valence-corrected chi connectivity index (χ4v) is 0.899. The van der Waals surface area contributed by atoms with Gasteiger partial charge in [0.25, 0.3) is 0 Å². The lowest BCUT2D eigenvalue weighted by atomic mass is 10.4. The average Bonchev–Trinajstić information content (AvgIpc) is 2.27. The van der Waals surface area contributed by atoms with E-state index in [0.29, 0.717) is 5.69 Å². The van der Waals surface area contributed by atoms with Gasteiger partial charge in [-0.2, -0.15) is 0 Å². The second kappa shape index (κ2) is 5.79. The predicted molar refractivity (Wildman–Crippen MR) is 53.7 cm³/mol. The molecule has 1 aromatic heterocycles. The first-order chi connectivity index (χ1) is 7.63. The number of ether oxygens (including phenoxy) is 2. The van der Waals surface area contributed by atoms with E-state index in [2.05, 4.69) is 19.4 Å². The van der Waals surface area contributed by atoms with E-state index >= 15 is 0 Å². The first-order valence-electron chi connectivity index (χ1n) is 4.75. The summed E-state index contributed by atoms with van der Waals surface area (Å²) in [5.41, 5.74) is 0.761. The standard InChI is InChI=1S/C10H12N2O4/c1-3-15-9(13)6-16-10(14)8-5-11-7(2)4-12-8/h4-5H,3,6H2,1-2H3. The summed E-state index contributed by atoms with van der Waals surface area (Å²) in [7, 11) is 0. The molecule has 0 saturated carbocycles. The van der Waals surface area contributed by atoms with Gasteiger partial charge in [-0.1, -0.05) is 0 Å². The molecule has 0 bridgehead atoms. The summed E-state index contributed by atoms with van der Waals surface area (Å²) >= 11 is 0. The van der Waals surface area contributed by atoms with Crippen LogP contribution in [0, 0.1) is 6.92 Å². The van der Waals surface area contributed by atoms with E-state index in [0.717, 1.165) is 0 Å². The van der Waals surface area contributed by atoms with Crippen LogP contribution in [0.25, 0.3) is 0 Å². The minimum Gasteiger partial charge on any atom is -0.463 e. The molecular weight excluding hydrogens is 212 g/mol. The molecule has 0 N–H and O–H groups in total. The van der Waals surface area contributed by atoms with Crippen molar-refractivity contribution < 1.29 is 19.1 Å². The number of rotatable bonds is 4. The molecule has 6 nitrogen and oxygen atoms in total. The van der Waals surface area contributed by atoms with Gasteiger partial charge in [0.15, 0.2) is 12.3 Å². The van der Waals surface area contributed by atoms with E-state index in [1.54, 1.807) is 13.8 Å². The zero-order valence-electron chi connectivity index (χ0n) is 9.10. The lowest BCUT2D eigenvalue weighted by Crippen LogP contribution is -2.17. The smallest absolute Gasteiger partial charge is 0.359 e. The van der Waals surface area contributed by atoms with E-state index in [1.165, 1.54) is 12.4 Å². The van der Waals surface area contributed by atoms with E-state index in [1.807, 2.05) is 0 Å². The zero-order valence-corrected chi connectivity index (χ0v) is 9.10. The molecular formula is C10H12N2O4. The number of aromatic nitrogens is 2. The lowest BCUT2D eigenvalue weighted by molar-refractivity contribution is -0.146. The van der Waals surface area contributed by atoms with Crippen LogP contribution in [0.2, 0.25) is 0 Å². The molecule has 0 aliphatic rings. The van der Waals surface area contributed by atoms with Gasteiger partial charge in [-0.25, -0.2) is 14.6 Å². The Morgan fingerprint density at radius 1 is 1.25 bits per heavy atom. The fraction of sp³-hybridized carbons (Fsp3) is 0.400. The molecule has 0 amide bonds. The fourth-order valence-electron chi connectivity index (χ4n) is 0.899. The third kappa shape index (κ3) is 3.64. The molecule has 16 heavy (non-hydrogen) atoms. The molecule has 86 valence electrons. The highest BCUT2D eigenvalue weighted by Gasteiger charge is 2.11. The quantitative estimate of drug-likeness (QED) is 0.693. The van der Waals surface area contributed by atoms with Crippen LogP contribution in [-0.2, 0) is 14.3 Å². The van der Waals surface area contributed by atoms with Crippen LogP contribution in [0.3, 0.4) is 0 Å². The first-order valence-corrected chi connectivity index (χ1v) is 4.75. The molecule has 1 rings (SSSR count). The van der Waals surface area contributed by atoms with Gasteiger partial charge < -0.3 is 9.47 Å². The van der Waals surface area contributed by atoms with E-state index in [-0.39, 0.29) is 12.3 Å². The van der Waals surface area contributed by atoms with Crippen molar-refractivity contribution in [1.82, 2.24) is 9.97 Å². The van der Waals surface area contributed by atoms with E-state index in [9.17, 15) is 9.59 Å². The maximum absolute atomic E-state index is 11.3. The summed E-state index contributed by atoms with van der Waals surface area (Å²) in [5, 5.41) is 0. The number of carbonyl (C=O) groups is 2. The minimum atomic E-state index is -0.694. The second-order valence-electron chi connectivity index (χ2n) is 2.92. The summed E-state index contributed by atoms with van der Waals surface area (Å²) in [4.78, 5) is 29.9. The van der Waals surface area contributed by atoms with Gasteiger partial charge in [-0.3, -0.25) is 4.98 Å². The Bertz CT molecular complexity index is 375. The number of esters is 2. The number of nitrogens with zero attached hydrogens (tertiary/aromatic N) is 2. The Hall–Kier alpha value is -1.98. The monoisotopic (exact) mass is 224 g/mol. The molecule has 0 aliphatic carbocycles. The van der Waals surface area contributed by atoms with Crippen LogP contribution in [-0.4, -0.2) is 35.1 Å². The van der Waals surface area contributed by atoms with Crippen molar-refractivity contribution in [3.05, 3.63) is 23.8 Å². The highest BCUT2D eigenvalue weighted by molar-refractivity contribution is 5.88. The highest BCUT2D eigenvalue weighted by Crippen LogP contribution is 1.97. The Morgan fingerprint density at radius 3 is 2.56 bits per heavy atom. The van der Waals surface area contributed by atoms with Gasteiger partial charge in [0, 0.05) is 6.20 Å². The first kappa shape index (κ1) is 12.1. The van der Waals surface area contributed by atoms with Gasteiger partial charge in [-0.05, 0) is 13.8 Å². The van der Waals surface area contributed by atoms with Crippen molar-refractivity contribution in [3.8, 4) is 0 Å². The summed E-state index contributed by atoms with van der Waals surface area (Å²) in [6.07, 6.45) is 2.74. The molecule has 0 unspecified atom stereocenters.